The highest BCUT2D eigenvalue weighted by Gasteiger charge is 2.19. The summed E-state index contributed by atoms with van der Waals surface area (Å²) >= 11 is 0. The Balaban J connectivity index is 4.49. The zero-order valence-corrected chi connectivity index (χ0v) is 40.8. The van der Waals surface area contributed by atoms with Gasteiger partial charge in [-0.05, 0) is 103 Å². The van der Waals surface area contributed by atoms with E-state index in [1.54, 1.807) is 0 Å². The van der Waals surface area contributed by atoms with Crippen LogP contribution in [0.3, 0.4) is 0 Å². The average Bonchev–Trinajstić information content (AvgIpc) is 3.28. The molecule has 6 heteroatoms. The number of carbonyl (C=O) groups is 3. The van der Waals surface area contributed by atoms with Crippen LogP contribution in [0.15, 0.2) is 97.2 Å². The molecule has 63 heavy (non-hydrogen) atoms. The molecule has 6 nitrogen and oxygen atoms in total. The largest absolute Gasteiger partial charge is 0.462 e. The van der Waals surface area contributed by atoms with Crippen molar-refractivity contribution in [3.8, 4) is 0 Å². The summed E-state index contributed by atoms with van der Waals surface area (Å²) in [5, 5.41) is 0. The predicted octanol–water partition coefficient (Wildman–Crippen LogP) is 17.0. The van der Waals surface area contributed by atoms with Gasteiger partial charge in [0.1, 0.15) is 13.2 Å². The van der Waals surface area contributed by atoms with Crippen LogP contribution >= 0.6 is 0 Å². The van der Waals surface area contributed by atoms with Crippen molar-refractivity contribution in [2.24, 2.45) is 0 Å². The molecule has 0 saturated carbocycles. The van der Waals surface area contributed by atoms with E-state index in [2.05, 4.69) is 118 Å². The van der Waals surface area contributed by atoms with E-state index < -0.39 is 6.10 Å². The molecule has 0 aromatic heterocycles. The Morgan fingerprint density at radius 3 is 1.03 bits per heavy atom. The number of esters is 3. The van der Waals surface area contributed by atoms with E-state index in [0.29, 0.717) is 19.3 Å². The van der Waals surface area contributed by atoms with E-state index in [1.807, 2.05) is 0 Å². The van der Waals surface area contributed by atoms with Gasteiger partial charge in [0.15, 0.2) is 6.10 Å². The van der Waals surface area contributed by atoms with Crippen LogP contribution in [0.1, 0.15) is 226 Å². The zero-order chi connectivity index (χ0) is 45.8. The van der Waals surface area contributed by atoms with Gasteiger partial charge in [-0.15, -0.1) is 0 Å². The lowest BCUT2D eigenvalue weighted by molar-refractivity contribution is -0.167. The second-order valence-corrected chi connectivity index (χ2v) is 16.7. The molecule has 0 rings (SSSR count). The molecule has 358 valence electrons. The van der Waals surface area contributed by atoms with Crippen LogP contribution in [-0.2, 0) is 28.6 Å². The minimum absolute atomic E-state index is 0.103. The Morgan fingerprint density at radius 1 is 0.333 bits per heavy atom. The molecule has 0 radical (unpaired) electrons. The maximum absolute atomic E-state index is 12.8. The van der Waals surface area contributed by atoms with Crippen molar-refractivity contribution in [3.63, 3.8) is 0 Å². The first-order valence-corrected chi connectivity index (χ1v) is 25.7. The summed E-state index contributed by atoms with van der Waals surface area (Å²) in [5.41, 5.74) is 0. The molecule has 0 unspecified atom stereocenters. The molecule has 0 saturated heterocycles. The van der Waals surface area contributed by atoms with Crippen molar-refractivity contribution in [1.29, 1.82) is 0 Å². The van der Waals surface area contributed by atoms with Gasteiger partial charge in [0.05, 0.1) is 0 Å². The number of carbonyl (C=O) groups excluding carboxylic acids is 3. The molecule has 0 N–H and O–H groups in total. The van der Waals surface area contributed by atoms with E-state index in [1.165, 1.54) is 77.0 Å². The van der Waals surface area contributed by atoms with Gasteiger partial charge in [-0.2, -0.15) is 0 Å². The Labute approximate surface area is 387 Å². The third kappa shape index (κ3) is 49.2. The van der Waals surface area contributed by atoms with Gasteiger partial charge in [0, 0.05) is 19.3 Å². The molecule has 1 atom stereocenters. The van der Waals surface area contributed by atoms with Gasteiger partial charge < -0.3 is 14.2 Å². The number of rotatable bonds is 45. The number of hydrogen-bond donors (Lipinski definition) is 0. The first-order chi connectivity index (χ1) is 31.0. The molecule has 0 aliphatic heterocycles. The van der Waals surface area contributed by atoms with Crippen LogP contribution in [0.2, 0.25) is 0 Å². The van der Waals surface area contributed by atoms with Crippen LogP contribution in [0.4, 0.5) is 0 Å². The molecular formula is C57H94O6. The molecular weight excluding hydrogens is 781 g/mol. The van der Waals surface area contributed by atoms with E-state index in [0.717, 1.165) is 103 Å². The summed E-state index contributed by atoms with van der Waals surface area (Å²) in [6.07, 6.45) is 66.8. The summed E-state index contributed by atoms with van der Waals surface area (Å²) in [4.78, 5) is 37.9. The van der Waals surface area contributed by atoms with Crippen molar-refractivity contribution < 1.29 is 28.6 Å². The smallest absolute Gasteiger partial charge is 0.306 e. The highest BCUT2D eigenvalue weighted by atomic mass is 16.6. The van der Waals surface area contributed by atoms with Crippen LogP contribution in [0.5, 0.6) is 0 Å². The summed E-state index contributed by atoms with van der Waals surface area (Å²) in [6, 6.07) is 0. The van der Waals surface area contributed by atoms with E-state index in [4.69, 9.17) is 14.2 Å². The average molecular weight is 875 g/mol. The Bertz CT molecular complexity index is 1280. The van der Waals surface area contributed by atoms with Crippen molar-refractivity contribution >= 4 is 17.9 Å². The predicted molar refractivity (Wildman–Crippen MR) is 270 cm³/mol. The zero-order valence-electron chi connectivity index (χ0n) is 40.8. The molecule has 0 aromatic rings. The summed E-state index contributed by atoms with van der Waals surface area (Å²) in [7, 11) is 0. The highest BCUT2D eigenvalue weighted by molar-refractivity contribution is 5.71. The van der Waals surface area contributed by atoms with Gasteiger partial charge in [0.25, 0.3) is 0 Å². The quantitative estimate of drug-likeness (QED) is 0.0262. The Morgan fingerprint density at radius 2 is 0.619 bits per heavy atom. The summed E-state index contributed by atoms with van der Waals surface area (Å²) in [5.74, 6) is -0.979. The van der Waals surface area contributed by atoms with Crippen molar-refractivity contribution in [1.82, 2.24) is 0 Å². The van der Waals surface area contributed by atoms with Crippen molar-refractivity contribution in [3.05, 3.63) is 97.2 Å². The van der Waals surface area contributed by atoms with Crippen molar-refractivity contribution in [2.75, 3.05) is 13.2 Å². The maximum atomic E-state index is 12.8. The van der Waals surface area contributed by atoms with Gasteiger partial charge in [-0.3, -0.25) is 14.4 Å². The minimum Gasteiger partial charge on any atom is -0.462 e. The molecule has 0 aromatic carbocycles. The number of unbranched alkanes of at least 4 members (excludes halogenated alkanes) is 18. The van der Waals surface area contributed by atoms with Crippen molar-refractivity contribution in [2.45, 2.75) is 232 Å². The summed E-state index contributed by atoms with van der Waals surface area (Å²) in [6.45, 7) is 6.42. The molecule has 0 aliphatic carbocycles. The van der Waals surface area contributed by atoms with Gasteiger partial charge in [-0.25, -0.2) is 0 Å². The third-order valence-electron chi connectivity index (χ3n) is 10.6. The number of hydrogen-bond acceptors (Lipinski definition) is 6. The van der Waals surface area contributed by atoms with E-state index in [-0.39, 0.29) is 37.5 Å². The molecule has 0 fully saturated rings. The van der Waals surface area contributed by atoms with Crippen LogP contribution in [0, 0.1) is 0 Å². The van der Waals surface area contributed by atoms with E-state index >= 15 is 0 Å². The molecule has 0 bridgehead atoms. The number of allylic oxidation sites excluding steroid dienone is 16. The summed E-state index contributed by atoms with van der Waals surface area (Å²) < 4.78 is 16.7. The monoisotopic (exact) mass is 875 g/mol. The number of ether oxygens (including phenoxy) is 3. The molecule has 0 amide bonds. The topological polar surface area (TPSA) is 78.9 Å². The van der Waals surface area contributed by atoms with Gasteiger partial charge in [0.2, 0.25) is 0 Å². The standard InChI is InChI=1S/C57H94O6/c1-4-7-10-13-16-19-22-24-26-27-28-29-31-32-35-38-41-44-47-50-56(59)62-53-54(52-61-55(58)49-46-43-40-37-34-21-18-15-12-9-6-3)63-57(60)51-48-45-42-39-36-33-30-25-23-20-17-14-11-8-5-2/h7,10,16-17,19-20,24-26,28-30,32,35-36,39,54H,4-6,8-9,11-15,18,21-23,27,31,33-34,37-38,40-53H2,1-3H3/b10-7-,19-16-,20-17-,26-24-,29-28-,30-25-,35-32-,39-36-/t54-/m1/s1. The lowest BCUT2D eigenvalue weighted by Crippen LogP contribution is -2.30. The second kappa shape index (κ2) is 51.0. The second-order valence-electron chi connectivity index (χ2n) is 16.7. The van der Waals surface area contributed by atoms with Gasteiger partial charge in [-0.1, -0.05) is 201 Å². The molecule has 0 aliphatic rings. The maximum Gasteiger partial charge on any atom is 0.306 e. The van der Waals surface area contributed by atoms with Crippen LogP contribution in [0.25, 0.3) is 0 Å². The lowest BCUT2D eigenvalue weighted by atomic mass is 10.1. The normalized spacial score (nSPS) is 12.9. The molecule has 0 heterocycles. The van der Waals surface area contributed by atoms with E-state index in [9.17, 15) is 14.4 Å². The minimum atomic E-state index is -0.809. The van der Waals surface area contributed by atoms with Gasteiger partial charge >= 0.3 is 17.9 Å². The molecule has 0 spiro atoms. The third-order valence-corrected chi connectivity index (χ3v) is 10.6. The van der Waals surface area contributed by atoms with Crippen LogP contribution in [-0.4, -0.2) is 37.2 Å². The Hall–Kier alpha value is -3.67. The first-order valence-electron chi connectivity index (χ1n) is 25.7. The fourth-order valence-electron chi connectivity index (χ4n) is 6.71. The highest BCUT2D eigenvalue weighted by Crippen LogP contribution is 2.13. The Kier molecular flexibility index (Phi) is 48.0. The van der Waals surface area contributed by atoms with Crippen LogP contribution < -0.4 is 0 Å². The lowest BCUT2D eigenvalue weighted by Gasteiger charge is -2.18. The fraction of sp³-hybridized carbons (Fsp3) is 0.667. The SMILES string of the molecule is CC/C=C\C/C=C\C/C=C\C/C=C\C/C=C\CCCCCC(=O)OC[C@@H](COC(=O)CCCCCCCCCCCCC)OC(=O)CCCC/C=C\C/C=C\C/C=C\CCCCC. The fourth-order valence-corrected chi connectivity index (χ4v) is 6.71. The first kappa shape index (κ1) is 59.3.